The van der Waals surface area contributed by atoms with Crippen LogP contribution < -0.4 is 0 Å². The first kappa shape index (κ1) is 11.3. The zero-order valence-corrected chi connectivity index (χ0v) is 11.0. The lowest BCUT2D eigenvalue weighted by atomic mass is 9.58. The summed E-state index contributed by atoms with van der Waals surface area (Å²) < 4.78 is 5.89. The van der Waals surface area contributed by atoms with Crippen molar-refractivity contribution in [2.75, 3.05) is 0 Å². The zero-order valence-electron chi connectivity index (χ0n) is 11.0. The summed E-state index contributed by atoms with van der Waals surface area (Å²) in [6.07, 6.45) is 7.07. The van der Waals surface area contributed by atoms with E-state index in [-0.39, 0.29) is 17.5 Å². The summed E-state index contributed by atoms with van der Waals surface area (Å²) in [6, 6.07) is 0. The van der Waals surface area contributed by atoms with Crippen molar-refractivity contribution >= 4 is 5.97 Å². The topological polar surface area (TPSA) is 26.3 Å². The van der Waals surface area contributed by atoms with Gasteiger partial charge >= 0.3 is 5.97 Å². The van der Waals surface area contributed by atoms with E-state index in [0.717, 1.165) is 6.42 Å². The van der Waals surface area contributed by atoms with Crippen LogP contribution in [0.5, 0.6) is 0 Å². The number of allylic oxidation sites excluding steroid dienone is 1. The Morgan fingerprint density at radius 2 is 2.00 bits per heavy atom. The number of carbonyl (C=O) groups excluding carboxylic acids is 1. The van der Waals surface area contributed by atoms with E-state index in [1.54, 1.807) is 0 Å². The van der Waals surface area contributed by atoms with Crippen molar-refractivity contribution in [1.82, 2.24) is 0 Å². The highest BCUT2D eigenvalue weighted by molar-refractivity contribution is 5.76. The summed E-state index contributed by atoms with van der Waals surface area (Å²) >= 11 is 0. The summed E-state index contributed by atoms with van der Waals surface area (Å²) in [7, 11) is 0. The smallest absolute Gasteiger partial charge is 0.309 e. The third-order valence-corrected chi connectivity index (χ3v) is 5.35. The highest BCUT2D eigenvalue weighted by Crippen LogP contribution is 2.56. The fourth-order valence-electron chi connectivity index (χ4n) is 4.41. The maximum atomic E-state index is 12.0. The first-order valence-electron chi connectivity index (χ1n) is 6.96. The maximum absolute atomic E-state index is 12.0. The molecule has 2 nitrogen and oxygen atoms in total. The van der Waals surface area contributed by atoms with Gasteiger partial charge in [0.15, 0.2) is 0 Å². The lowest BCUT2D eigenvalue weighted by Gasteiger charge is -2.48. The molecule has 2 fully saturated rings. The van der Waals surface area contributed by atoms with Gasteiger partial charge in [0.1, 0.15) is 5.60 Å². The third-order valence-electron chi connectivity index (χ3n) is 5.35. The van der Waals surface area contributed by atoms with Crippen LogP contribution >= 0.6 is 0 Å². The quantitative estimate of drug-likeness (QED) is 0.475. The molecular weight excluding hydrogens is 212 g/mol. The van der Waals surface area contributed by atoms with E-state index in [1.165, 1.54) is 24.8 Å². The van der Waals surface area contributed by atoms with E-state index in [2.05, 4.69) is 19.9 Å². The van der Waals surface area contributed by atoms with E-state index in [1.807, 2.05) is 6.92 Å². The largest absolute Gasteiger partial charge is 0.454 e. The van der Waals surface area contributed by atoms with Gasteiger partial charge in [-0.1, -0.05) is 19.4 Å². The molecule has 0 N–H and O–H groups in total. The first-order valence-corrected chi connectivity index (χ1v) is 6.96. The van der Waals surface area contributed by atoms with Gasteiger partial charge < -0.3 is 4.74 Å². The third kappa shape index (κ3) is 1.42. The molecule has 0 amide bonds. The summed E-state index contributed by atoms with van der Waals surface area (Å²) in [5.41, 5.74) is 1.17. The van der Waals surface area contributed by atoms with Crippen LogP contribution in [-0.2, 0) is 9.53 Å². The Morgan fingerprint density at radius 3 is 2.76 bits per heavy atom. The van der Waals surface area contributed by atoms with Crippen molar-refractivity contribution in [1.29, 1.82) is 0 Å². The van der Waals surface area contributed by atoms with E-state index >= 15 is 0 Å². The summed E-state index contributed by atoms with van der Waals surface area (Å²) in [5.74, 6) is 1.78. The zero-order chi connectivity index (χ0) is 12.2. The highest BCUT2D eigenvalue weighted by atomic mass is 16.6. The van der Waals surface area contributed by atoms with Gasteiger partial charge in [-0.25, -0.2) is 0 Å². The average molecular weight is 234 g/mol. The van der Waals surface area contributed by atoms with Crippen LogP contribution in [-0.4, -0.2) is 11.6 Å². The molecule has 1 saturated heterocycles. The number of esters is 1. The van der Waals surface area contributed by atoms with Gasteiger partial charge in [-0.3, -0.25) is 4.79 Å². The number of rotatable bonds is 0. The van der Waals surface area contributed by atoms with Crippen molar-refractivity contribution in [3.8, 4) is 0 Å². The predicted octanol–water partition coefficient (Wildman–Crippen LogP) is 3.32. The minimum Gasteiger partial charge on any atom is -0.454 e. The van der Waals surface area contributed by atoms with Crippen molar-refractivity contribution in [3.05, 3.63) is 11.6 Å². The van der Waals surface area contributed by atoms with Gasteiger partial charge in [-0.05, 0) is 44.6 Å². The molecule has 2 heteroatoms. The molecule has 5 atom stereocenters. The molecule has 94 valence electrons. The minimum atomic E-state index is -0.240. The molecule has 2 aliphatic carbocycles. The molecule has 3 aliphatic rings. The molecule has 0 bridgehead atoms. The van der Waals surface area contributed by atoms with Gasteiger partial charge in [0.05, 0.1) is 5.92 Å². The van der Waals surface area contributed by atoms with Gasteiger partial charge in [0, 0.05) is 11.8 Å². The molecular formula is C15H22O2. The molecule has 0 aromatic heterocycles. The highest BCUT2D eigenvalue weighted by Gasteiger charge is 2.60. The summed E-state index contributed by atoms with van der Waals surface area (Å²) in [4.78, 5) is 12.0. The Morgan fingerprint density at radius 1 is 1.24 bits per heavy atom. The standard InChI is InChI=1S/C15H22O2/c1-9-4-6-12-10(2)5-7-13-11(3)14(16)17-15(12,13)8-9/h8,10-13H,4-7H2,1-3H3. The molecule has 0 aromatic rings. The van der Waals surface area contributed by atoms with E-state index in [0.29, 0.717) is 17.8 Å². The first-order chi connectivity index (χ1) is 8.04. The van der Waals surface area contributed by atoms with Crippen LogP contribution in [0, 0.1) is 23.7 Å². The maximum Gasteiger partial charge on any atom is 0.309 e. The average Bonchev–Trinajstić information content (AvgIpc) is 2.50. The molecule has 17 heavy (non-hydrogen) atoms. The lowest BCUT2D eigenvalue weighted by molar-refractivity contribution is -0.155. The Kier molecular flexibility index (Phi) is 2.39. The van der Waals surface area contributed by atoms with Crippen molar-refractivity contribution in [3.63, 3.8) is 0 Å². The van der Waals surface area contributed by atoms with Crippen molar-refractivity contribution in [2.24, 2.45) is 23.7 Å². The molecule has 0 radical (unpaired) electrons. The molecule has 1 heterocycles. The van der Waals surface area contributed by atoms with Crippen LogP contribution in [0.4, 0.5) is 0 Å². The van der Waals surface area contributed by atoms with Crippen LogP contribution in [0.2, 0.25) is 0 Å². The Bertz CT molecular complexity index is 384. The fraction of sp³-hybridized carbons (Fsp3) is 0.800. The summed E-state index contributed by atoms with van der Waals surface area (Å²) in [6.45, 7) is 6.55. The van der Waals surface area contributed by atoms with Crippen LogP contribution in [0.1, 0.15) is 46.5 Å². The van der Waals surface area contributed by atoms with Crippen molar-refractivity contribution < 1.29 is 9.53 Å². The Balaban J connectivity index is 2.07. The monoisotopic (exact) mass is 234 g/mol. The lowest BCUT2D eigenvalue weighted by Crippen LogP contribution is -2.50. The van der Waals surface area contributed by atoms with Gasteiger partial charge in [-0.2, -0.15) is 0 Å². The molecule has 1 aliphatic heterocycles. The normalized spacial score (nSPS) is 49.1. The van der Waals surface area contributed by atoms with E-state index in [4.69, 9.17) is 4.74 Å². The van der Waals surface area contributed by atoms with Crippen molar-refractivity contribution in [2.45, 2.75) is 52.1 Å². The number of ether oxygens (including phenoxy) is 1. The van der Waals surface area contributed by atoms with Crippen LogP contribution in [0.3, 0.4) is 0 Å². The molecule has 5 unspecified atom stereocenters. The Hall–Kier alpha value is -0.790. The SMILES string of the molecule is CC1=CC23OC(=O)C(C)C2CCC(C)C3CC1. The van der Waals surface area contributed by atoms with Crippen LogP contribution in [0.15, 0.2) is 11.6 Å². The second-order valence-corrected chi connectivity index (χ2v) is 6.36. The second kappa shape index (κ2) is 3.60. The second-order valence-electron chi connectivity index (χ2n) is 6.36. The fourth-order valence-corrected chi connectivity index (χ4v) is 4.41. The molecule has 0 aromatic carbocycles. The Labute approximate surface area is 103 Å². The number of hydrogen-bond donors (Lipinski definition) is 0. The molecule has 1 spiro atoms. The molecule has 3 rings (SSSR count). The number of carbonyl (C=O) groups is 1. The molecule has 1 saturated carbocycles. The van der Waals surface area contributed by atoms with Gasteiger partial charge in [-0.15, -0.1) is 0 Å². The van der Waals surface area contributed by atoms with Gasteiger partial charge in [0.25, 0.3) is 0 Å². The minimum absolute atomic E-state index is 0.0278. The van der Waals surface area contributed by atoms with Crippen LogP contribution in [0.25, 0.3) is 0 Å². The number of hydrogen-bond acceptors (Lipinski definition) is 2. The van der Waals surface area contributed by atoms with E-state index in [9.17, 15) is 4.79 Å². The van der Waals surface area contributed by atoms with E-state index < -0.39 is 0 Å². The predicted molar refractivity (Wildman–Crippen MR) is 66.4 cm³/mol. The summed E-state index contributed by atoms with van der Waals surface area (Å²) in [5, 5.41) is 0. The van der Waals surface area contributed by atoms with Gasteiger partial charge in [0.2, 0.25) is 0 Å².